The summed E-state index contributed by atoms with van der Waals surface area (Å²) in [5.74, 6) is -0.793. The first-order valence-electron chi connectivity index (χ1n) is 10.5. The van der Waals surface area contributed by atoms with Crippen molar-refractivity contribution in [3.8, 4) is 0 Å². The first-order valence-corrected chi connectivity index (χ1v) is 13.1. The Bertz CT molecular complexity index is 1090. The van der Waals surface area contributed by atoms with Crippen LogP contribution in [0.4, 0.5) is 5.69 Å². The van der Waals surface area contributed by atoms with Crippen molar-refractivity contribution < 1.29 is 18.0 Å². The van der Waals surface area contributed by atoms with Crippen molar-refractivity contribution in [1.82, 2.24) is 10.2 Å². The number of carbonyl (C=O) groups excluding carboxylic acids is 2. The smallest absolute Gasteiger partial charge is 0.244 e. The van der Waals surface area contributed by atoms with E-state index in [1.54, 1.807) is 63.2 Å². The van der Waals surface area contributed by atoms with Gasteiger partial charge in [-0.15, -0.1) is 0 Å². The third-order valence-corrected chi connectivity index (χ3v) is 6.72. The summed E-state index contributed by atoms with van der Waals surface area (Å²) < 4.78 is 26.3. The van der Waals surface area contributed by atoms with Gasteiger partial charge in [0.15, 0.2) is 0 Å². The highest BCUT2D eigenvalue weighted by atomic mass is 35.5. The molecule has 0 aliphatic carbocycles. The number of hydrogen-bond donors (Lipinski definition) is 1. The highest BCUT2D eigenvalue weighted by molar-refractivity contribution is 7.92. The molecule has 1 unspecified atom stereocenters. The van der Waals surface area contributed by atoms with Crippen molar-refractivity contribution in [2.75, 3.05) is 23.7 Å². The molecule has 2 aromatic rings. The second-order valence-electron chi connectivity index (χ2n) is 7.67. The lowest BCUT2D eigenvalue weighted by Crippen LogP contribution is -2.52. The maximum atomic E-state index is 13.5. The van der Waals surface area contributed by atoms with Crippen molar-refractivity contribution in [3.05, 3.63) is 63.6 Å². The van der Waals surface area contributed by atoms with Gasteiger partial charge in [0.05, 0.1) is 11.9 Å². The molecule has 33 heavy (non-hydrogen) atoms. The van der Waals surface area contributed by atoms with Crippen LogP contribution in [0.1, 0.15) is 31.4 Å². The number of hydrogen-bond acceptors (Lipinski definition) is 4. The Kier molecular flexibility index (Phi) is 9.57. The third-order valence-electron chi connectivity index (χ3n) is 5.11. The average molecular weight is 514 g/mol. The number of nitrogens with zero attached hydrogens (tertiary/aromatic N) is 2. The number of rotatable bonds is 10. The summed E-state index contributed by atoms with van der Waals surface area (Å²) in [6.07, 6.45) is 1.41. The zero-order chi connectivity index (χ0) is 24.8. The second-order valence-corrected chi connectivity index (χ2v) is 10.4. The van der Waals surface area contributed by atoms with Gasteiger partial charge in [-0.05, 0) is 61.7 Å². The van der Waals surface area contributed by atoms with E-state index in [0.717, 1.165) is 16.1 Å². The number of nitrogens with one attached hydrogen (secondary N) is 1. The first kappa shape index (κ1) is 27.0. The van der Waals surface area contributed by atoms with Crippen molar-refractivity contribution >= 4 is 50.7 Å². The Morgan fingerprint density at radius 1 is 1.03 bits per heavy atom. The second kappa shape index (κ2) is 11.7. The van der Waals surface area contributed by atoms with Gasteiger partial charge in [-0.2, -0.15) is 0 Å². The van der Waals surface area contributed by atoms with Crippen LogP contribution in [0.3, 0.4) is 0 Å². The number of likely N-dealkylation sites (N-methyl/N-ethyl adjacent to an activating group) is 1. The normalized spacial score (nSPS) is 12.2. The molecule has 10 heteroatoms. The quantitative estimate of drug-likeness (QED) is 0.519. The molecule has 0 heterocycles. The van der Waals surface area contributed by atoms with Crippen LogP contribution in [-0.2, 0) is 26.2 Å². The standard InChI is InChI=1S/C23H29Cl2N3O4S/c1-5-20(23(30)26-6-2)27(14-17-7-9-18(24)10-8-17)22(29)15-28(33(4,31)32)21-12-11-19(25)13-16(21)3/h7-13,20H,5-6,14-15H2,1-4H3,(H,26,30). The predicted octanol–water partition coefficient (Wildman–Crippen LogP) is 4.01. The number of halogens is 2. The number of aryl methyl sites for hydroxylation is 1. The van der Waals surface area contributed by atoms with E-state index in [1.807, 2.05) is 0 Å². The van der Waals surface area contributed by atoms with Crippen LogP contribution in [0.15, 0.2) is 42.5 Å². The lowest BCUT2D eigenvalue weighted by atomic mass is 10.1. The van der Waals surface area contributed by atoms with Crippen LogP contribution in [0.5, 0.6) is 0 Å². The van der Waals surface area contributed by atoms with Crippen LogP contribution in [0, 0.1) is 6.92 Å². The molecule has 0 aliphatic rings. The summed E-state index contributed by atoms with van der Waals surface area (Å²) in [4.78, 5) is 27.7. The summed E-state index contributed by atoms with van der Waals surface area (Å²) in [6, 6.07) is 10.9. The van der Waals surface area contributed by atoms with Crippen LogP contribution in [0.25, 0.3) is 0 Å². The number of carbonyl (C=O) groups is 2. The molecule has 2 amide bonds. The average Bonchev–Trinajstić information content (AvgIpc) is 2.73. The van der Waals surface area contributed by atoms with E-state index in [-0.39, 0.29) is 12.5 Å². The van der Waals surface area contributed by atoms with Crippen LogP contribution in [-0.4, -0.2) is 50.5 Å². The number of benzene rings is 2. The molecule has 0 saturated carbocycles. The summed E-state index contributed by atoms with van der Waals surface area (Å²) in [6.45, 7) is 5.41. The van der Waals surface area contributed by atoms with Crippen LogP contribution < -0.4 is 9.62 Å². The molecule has 0 aliphatic heterocycles. The van der Waals surface area contributed by atoms with Crippen LogP contribution in [0.2, 0.25) is 10.0 Å². The fourth-order valence-corrected chi connectivity index (χ4v) is 4.75. The van der Waals surface area contributed by atoms with Crippen molar-refractivity contribution in [2.24, 2.45) is 0 Å². The molecule has 0 fully saturated rings. The fraction of sp³-hybridized carbons (Fsp3) is 0.391. The topological polar surface area (TPSA) is 86.8 Å². The molecule has 0 bridgehead atoms. The van der Waals surface area contributed by atoms with Gasteiger partial charge in [-0.3, -0.25) is 13.9 Å². The van der Waals surface area contributed by atoms with Gasteiger partial charge >= 0.3 is 0 Å². The van der Waals surface area contributed by atoms with E-state index in [0.29, 0.717) is 34.3 Å². The zero-order valence-electron chi connectivity index (χ0n) is 19.1. The maximum Gasteiger partial charge on any atom is 0.244 e. The molecular weight excluding hydrogens is 485 g/mol. The van der Waals surface area contributed by atoms with Gasteiger partial charge in [0.25, 0.3) is 0 Å². The number of sulfonamides is 1. The van der Waals surface area contributed by atoms with Crippen molar-refractivity contribution in [1.29, 1.82) is 0 Å². The SMILES string of the molecule is CCNC(=O)C(CC)N(Cc1ccc(Cl)cc1)C(=O)CN(c1ccc(Cl)cc1C)S(C)(=O)=O. The molecule has 180 valence electrons. The highest BCUT2D eigenvalue weighted by Gasteiger charge is 2.31. The van der Waals surface area contributed by atoms with Gasteiger partial charge in [0.2, 0.25) is 21.8 Å². The van der Waals surface area contributed by atoms with E-state index in [1.165, 1.54) is 4.90 Å². The maximum absolute atomic E-state index is 13.5. The summed E-state index contributed by atoms with van der Waals surface area (Å²) in [5, 5.41) is 3.77. The third kappa shape index (κ3) is 7.35. The van der Waals surface area contributed by atoms with Crippen molar-refractivity contribution in [3.63, 3.8) is 0 Å². The van der Waals surface area contributed by atoms with Gasteiger partial charge in [-0.1, -0.05) is 42.3 Å². The van der Waals surface area contributed by atoms with Gasteiger partial charge in [0, 0.05) is 23.1 Å². The minimum absolute atomic E-state index is 0.128. The molecule has 0 aromatic heterocycles. The Labute approximate surface area is 205 Å². The Morgan fingerprint density at radius 3 is 2.15 bits per heavy atom. The fourth-order valence-electron chi connectivity index (χ4n) is 3.49. The minimum Gasteiger partial charge on any atom is -0.355 e. The molecule has 1 N–H and O–H groups in total. The molecular formula is C23H29Cl2N3O4S. The van der Waals surface area contributed by atoms with E-state index in [4.69, 9.17) is 23.2 Å². The van der Waals surface area contributed by atoms with E-state index >= 15 is 0 Å². The molecule has 0 spiro atoms. The van der Waals surface area contributed by atoms with E-state index in [2.05, 4.69) is 5.32 Å². The summed E-state index contributed by atoms with van der Waals surface area (Å²) in [5.41, 5.74) is 1.73. The number of anilines is 1. The molecule has 2 rings (SSSR count). The van der Waals surface area contributed by atoms with Crippen LogP contribution >= 0.6 is 23.2 Å². The molecule has 0 radical (unpaired) electrons. The van der Waals surface area contributed by atoms with Gasteiger partial charge in [0.1, 0.15) is 12.6 Å². The monoisotopic (exact) mass is 513 g/mol. The van der Waals surface area contributed by atoms with E-state index in [9.17, 15) is 18.0 Å². The lowest BCUT2D eigenvalue weighted by molar-refractivity contribution is -0.140. The molecule has 2 aromatic carbocycles. The van der Waals surface area contributed by atoms with E-state index < -0.39 is 28.5 Å². The Balaban J connectivity index is 2.45. The Hall–Kier alpha value is -2.29. The summed E-state index contributed by atoms with van der Waals surface area (Å²) in [7, 11) is -3.80. The molecule has 0 saturated heterocycles. The predicted molar refractivity (Wildman–Crippen MR) is 133 cm³/mol. The lowest BCUT2D eigenvalue weighted by Gasteiger charge is -2.33. The first-order chi connectivity index (χ1) is 15.5. The molecule has 1 atom stereocenters. The Morgan fingerprint density at radius 2 is 1.64 bits per heavy atom. The van der Waals surface area contributed by atoms with Gasteiger partial charge in [-0.25, -0.2) is 8.42 Å². The molecule has 7 nitrogen and oxygen atoms in total. The number of amides is 2. The largest absolute Gasteiger partial charge is 0.355 e. The minimum atomic E-state index is -3.80. The zero-order valence-corrected chi connectivity index (χ0v) is 21.5. The highest BCUT2D eigenvalue weighted by Crippen LogP contribution is 2.26. The summed E-state index contributed by atoms with van der Waals surface area (Å²) >= 11 is 12.0. The van der Waals surface area contributed by atoms with Gasteiger partial charge < -0.3 is 10.2 Å². The van der Waals surface area contributed by atoms with Crippen molar-refractivity contribution in [2.45, 2.75) is 39.8 Å².